The van der Waals surface area contributed by atoms with Gasteiger partial charge >= 0.3 is 0 Å². The van der Waals surface area contributed by atoms with Crippen molar-refractivity contribution in [3.63, 3.8) is 0 Å². The number of benzene rings is 1. The average molecular weight is 329 g/mol. The molecule has 0 spiro atoms. The molecule has 0 saturated carbocycles. The van der Waals surface area contributed by atoms with Gasteiger partial charge in [-0.05, 0) is 38.0 Å². The van der Waals surface area contributed by atoms with E-state index in [1.165, 1.54) is 6.07 Å². The molecule has 0 aliphatic carbocycles. The smallest absolute Gasteiger partial charge is 0.128 e. The molecule has 2 nitrogen and oxygen atoms in total. The Morgan fingerprint density at radius 1 is 1.29 bits per heavy atom. The molecule has 0 aliphatic heterocycles. The molecule has 0 aliphatic rings. The van der Waals surface area contributed by atoms with Crippen molar-refractivity contribution in [3.8, 4) is 0 Å². The molecule has 0 bridgehead atoms. The van der Waals surface area contributed by atoms with E-state index in [1.54, 1.807) is 12.1 Å². The molecule has 1 aromatic heterocycles. The Kier molecular flexibility index (Phi) is 5.28. The van der Waals surface area contributed by atoms with Crippen molar-refractivity contribution < 1.29 is 4.39 Å². The molecule has 2 aromatic rings. The number of aryl methyl sites for hydroxylation is 1. The third kappa shape index (κ3) is 3.41. The molecule has 5 heteroatoms. The third-order valence-corrected chi connectivity index (χ3v) is 4.02. The van der Waals surface area contributed by atoms with E-state index >= 15 is 0 Å². The Labute approximate surface area is 134 Å². The summed E-state index contributed by atoms with van der Waals surface area (Å²) in [6, 6.07) is 4.58. The quantitative estimate of drug-likeness (QED) is 0.694. The summed E-state index contributed by atoms with van der Waals surface area (Å²) in [4.78, 5) is 0. The van der Waals surface area contributed by atoms with E-state index in [-0.39, 0.29) is 11.2 Å². The van der Waals surface area contributed by atoms with Crippen LogP contribution in [0.1, 0.15) is 48.7 Å². The standard InChI is InChI=1S/C16H19Cl2FN2/c1-4-14-16(10(3)17)15(5-2)21(20-14)9-11-8-12(18)6-7-13(11)19/h6-8,10H,4-5,9H2,1-3H3. The van der Waals surface area contributed by atoms with Gasteiger partial charge in [0.2, 0.25) is 0 Å². The second-order valence-corrected chi connectivity index (χ2v) is 6.11. The lowest BCUT2D eigenvalue weighted by atomic mass is 10.1. The van der Waals surface area contributed by atoms with Crippen molar-refractivity contribution in [2.24, 2.45) is 0 Å². The lowest BCUT2D eigenvalue weighted by molar-refractivity contribution is 0.573. The second-order valence-electron chi connectivity index (χ2n) is 5.02. The Bertz CT molecular complexity index is 635. The Hall–Kier alpha value is -1.06. The van der Waals surface area contributed by atoms with Crippen molar-refractivity contribution in [1.82, 2.24) is 9.78 Å². The van der Waals surface area contributed by atoms with Crippen molar-refractivity contribution in [3.05, 3.63) is 51.6 Å². The number of hydrogen-bond donors (Lipinski definition) is 0. The maximum atomic E-state index is 13.9. The van der Waals surface area contributed by atoms with Gasteiger partial charge in [-0.15, -0.1) is 11.6 Å². The summed E-state index contributed by atoms with van der Waals surface area (Å²) in [5.41, 5.74) is 3.66. The summed E-state index contributed by atoms with van der Waals surface area (Å²) in [7, 11) is 0. The molecule has 0 amide bonds. The fourth-order valence-electron chi connectivity index (χ4n) is 2.62. The van der Waals surface area contributed by atoms with Gasteiger partial charge in [-0.25, -0.2) is 4.39 Å². The summed E-state index contributed by atoms with van der Waals surface area (Å²) in [6.45, 7) is 6.42. The molecular formula is C16H19Cl2FN2. The highest BCUT2D eigenvalue weighted by atomic mass is 35.5. The van der Waals surface area contributed by atoms with Gasteiger partial charge in [-0.3, -0.25) is 4.68 Å². The molecule has 1 heterocycles. The van der Waals surface area contributed by atoms with Gasteiger partial charge in [-0.2, -0.15) is 5.10 Å². The van der Waals surface area contributed by atoms with E-state index in [9.17, 15) is 4.39 Å². The molecule has 2 rings (SSSR count). The minimum atomic E-state index is -0.268. The lowest BCUT2D eigenvalue weighted by Crippen LogP contribution is -2.08. The highest BCUT2D eigenvalue weighted by Crippen LogP contribution is 2.29. The van der Waals surface area contributed by atoms with Crippen LogP contribution in [-0.4, -0.2) is 9.78 Å². The zero-order valence-electron chi connectivity index (χ0n) is 12.5. The van der Waals surface area contributed by atoms with E-state index in [1.807, 2.05) is 11.6 Å². The maximum Gasteiger partial charge on any atom is 0.128 e. The third-order valence-electron chi connectivity index (χ3n) is 3.57. The Morgan fingerprint density at radius 3 is 2.57 bits per heavy atom. The van der Waals surface area contributed by atoms with Crippen LogP contribution >= 0.6 is 23.2 Å². The van der Waals surface area contributed by atoms with Crippen molar-refractivity contribution in [2.45, 2.75) is 45.5 Å². The first-order valence-corrected chi connectivity index (χ1v) is 7.95. The molecule has 0 saturated heterocycles. The highest BCUT2D eigenvalue weighted by molar-refractivity contribution is 6.30. The molecule has 0 fully saturated rings. The molecule has 21 heavy (non-hydrogen) atoms. The average Bonchev–Trinajstić information content (AvgIpc) is 2.80. The van der Waals surface area contributed by atoms with Crippen molar-refractivity contribution in [1.29, 1.82) is 0 Å². The van der Waals surface area contributed by atoms with Gasteiger partial charge < -0.3 is 0 Å². The maximum absolute atomic E-state index is 13.9. The number of aromatic nitrogens is 2. The summed E-state index contributed by atoms with van der Waals surface area (Å²) < 4.78 is 15.8. The van der Waals surface area contributed by atoms with Gasteiger partial charge in [0.1, 0.15) is 5.82 Å². The Balaban J connectivity index is 2.46. The van der Waals surface area contributed by atoms with Crippen LogP contribution in [0.2, 0.25) is 5.02 Å². The van der Waals surface area contributed by atoms with E-state index in [4.69, 9.17) is 23.2 Å². The van der Waals surface area contributed by atoms with E-state index < -0.39 is 0 Å². The number of nitrogens with zero attached hydrogens (tertiary/aromatic N) is 2. The van der Waals surface area contributed by atoms with E-state index in [0.29, 0.717) is 17.1 Å². The normalized spacial score (nSPS) is 12.7. The number of halogens is 3. The summed E-state index contributed by atoms with van der Waals surface area (Å²) in [5, 5.41) is 5.03. The number of alkyl halides is 1. The largest absolute Gasteiger partial charge is 0.264 e. The molecule has 1 aromatic carbocycles. The summed E-state index contributed by atoms with van der Waals surface area (Å²) >= 11 is 12.2. The Morgan fingerprint density at radius 2 is 2.00 bits per heavy atom. The van der Waals surface area contributed by atoms with Crippen LogP contribution in [-0.2, 0) is 19.4 Å². The van der Waals surface area contributed by atoms with Crippen LogP contribution in [0.15, 0.2) is 18.2 Å². The highest BCUT2D eigenvalue weighted by Gasteiger charge is 2.19. The van der Waals surface area contributed by atoms with Gasteiger partial charge in [0.15, 0.2) is 0 Å². The predicted octanol–water partition coefficient (Wildman–Crippen LogP) is 5.15. The van der Waals surface area contributed by atoms with E-state index in [0.717, 1.165) is 29.8 Å². The van der Waals surface area contributed by atoms with Gasteiger partial charge in [0.25, 0.3) is 0 Å². The van der Waals surface area contributed by atoms with Crippen LogP contribution in [0.4, 0.5) is 4.39 Å². The van der Waals surface area contributed by atoms with Gasteiger partial charge in [0.05, 0.1) is 17.6 Å². The van der Waals surface area contributed by atoms with E-state index in [2.05, 4.69) is 18.9 Å². The molecule has 0 N–H and O–H groups in total. The van der Waals surface area contributed by atoms with Crippen LogP contribution in [0.25, 0.3) is 0 Å². The summed E-state index contributed by atoms with van der Waals surface area (Å²) in [5.74, 6) is -0.268. The minimum Gasteiger partial charge on any atom is -0.264 e. The number of rotatable bonds is 5. The molecular weight excluding hydrogens is 310 g/mol. The topological polar surface area (TPSA) is 17.8 Å². The molecule has 1 unspecified atom stereocenters. The van der Waals surface area contributed by atoms with Crippen LogP contribution in [0.3, 0.4) is 0 Å². The number of hydrogen-bond acceptors (Lipinski definition) is 1. The second kappa shape index (κ2) is 6.80. The predicted molar refractivity (Wildman–Crippen MR) is 85.8 cm³/mol. The zero-order valence-corrected chi connectivity index (χ0v) is 14.0. The van der Waals surface area contributed by atoms with Crippen LogP contribution in [0.5, 0.6) is 0 Å². The van der Waals surface area contributed by atoms with Crippen molar-refractivity contribution >= 4 is 23.2 Å². The minimum absolute atomic E-state index is 0.104. The first-order valence-electron chi connectivity index (χ1n) is 7.14. The monoisotopic (exact) mass is 328 g/mol. The van der Waals surface area contributed by atoms with Gasteiger partial charge in [-0.1, -0.05) is 25.4 Å². The van der Waals surface area contributed by atoms with Gasteiger partial charge in [0, 0.05) is 21.8 Å². The zero-order chi connectivity index (χ0) is 15.6. The van der Waals surface area contributed by atoms with Crippen molar-refractivity contribution in [2.75, 3.05) is 0 Å². The molecule has 1 atom stereocenters. The lowest BCUT2D eigenvalue weighted by Gasteiger charge is -2.10. The first kappa shape index (κ1) is 16.3. The first-order chi connectivity index (χ1) is 9.97. The fraction of sp³-hybridized carbons (Fsp3) is 0.438. The SMILES string of the molecule is CCc1nn(Cc2cc(Cl)ccc2F)c(CC)c1C(C)Cl. The molecule has 0 radical (unpaired) electrons. The molecule has 114 valence electrons. The fourth-order valence-corrected chi connectivity index (χ4v) is 3.06. The van der Waals surface area contributed by atoms with Crippen LogP contribution in [0, 0.1) is 5.82 Å². The summed E-state index contributed by atoms with van der Waals surface area (Å²) in [6.07, 6.45) is 1.62. The van der Waals surface area contributed by atoms with Crippen LogP contribution < -0.4 is 0 Å².